The molecule has 0 radical (unpaired) electrons. The average Bonchev–Trinajstić information content (AvgIpc) is 2.40. The first-order valence-electron chi connectivity index (χ1n) is 5.69. The summed E-state index contributed by atoms with van der Waals surface area (Å²) >= 11 is 0. The highest BCUT2D eigenvalue weighted by molar-refractivity contribution is 7.91. The van der Waals surface area contributed by atoms with Crippen LogP contribution in [0, 0.1) is 11.3 Å². The summed E-state index contributed by atoms with van der Waals surface area (Å²) < 4.78 is 25.7. The first kappa shape index (κ1) is 16.5. The van der Waals surface area contributed by atoms with E-state index in [-0.39, 0.29) is 11.5 Å². The molecule has 1 aromatic carbocycles. The molecule has 0 amide bonds. The van der Waals surface area contributed by atoms with Crippen LogP contribution in [0.2, 0.25) is 0 Å². The Morgan fingerprint density at radius 3 is 2.28 bits per heavy atom. The third-order valence-electron chi connectivity index (χ3n) is 2.30. The summed E-state index contributed by atoms with van der Waals surface area (Å²) in [5, 5.41) is 8.39. The number of methoxy groups -OCH3 is 1. The van der Waals surface area contributed by atoms with Crippen LogP contribution < -0.4 is 4.74 Å². The number of hydrogen-bond acceptors (Lipinski definition) is 4. The van der Waals surface area contributed by atoms with Crippen molar-refractivity contribution in [2.75, 3.05) is 18.6 Å². The Bertz CT molecular complexity index is 479. The average molecular weight is 269 g/mol. The summed E-state index contributed by atoms with van der Waals surface area (Å²) in [4.78, 5) is 0. The highest BCUT2D eigenvalue weighted by Gasteiger charge is 1.99. The molecule has 0 aromatic heterocycles. The van der Waals surface area contributed by atoms with Gasteiger partial charge in [-0.05, 0) is 17.7 Å². The topological polar surface area (TPSA) is 67.2 Å². The number of nitrogens with zero attached hydrogens (tertiary/aromatic N) is 1. The van der Waals surface area contributed by atoms with Crippen molar-refractivity contribution in [1.82, 2.24) is 0 Å². The van der Waals surface area contributed by atoms with Gasteiger partial charge in [-0.3, -0.25) is 0 Å². The summed E-state index contributed by atoms with van der Waals surface area (Å²) in [6.45, 7) is 3.30. The second-order valence-corrected chi connectivity index (χ2v) is 6.15. The van der Waals surface area contributed by atoms with E-state index in [9.17, 15) is 8.42 Å². The Balaban J connectivity index is 0.000000360. The molecule has 18 heavy (non-hydrogen) atoms. The fourth-order valence-corrected chi connectivity index (χ4v) is 1.49. The lowest BCUT2D eigenvalue weighted by Gasteiger charge is -1.99. The summed E-state index contributed by atoms with van der Waals surface area (Å²) in [6.07, 6.45) is 0.442. The molecule has 0 spiro atoms. The molecule has 5 heteroatoms. The highest BCUT2D eigenvalue weighted by atomic mass is 32.2. The van der Waals surface area contributed by atoms with E-state index >= 15 is 0 Å². The van der Waals surface area contributed by atoms with Crippen molar-refractivity contribution in [2.45, 2.75) is 20.3 Å². The van der Waals surface area contributed by atoms with Gasteiger partial charge in [0.15, 0.2) is 0 Å². The van der Waals surface area contributed by atoms with Crippen molar-refractivity contribution in [1.29, 1.82) is 5.26 Å². The quantitative estimate of drug-likeness (QED) is 0.840. The largest absolute Gasteiger partial charge is 0.497 e. The number of sulfone groups is 1. The molecular weight excluding hydrogens is 250 g/mol. The minimum absolute atomic E-state index is 0.267. The van der Waals surface area contributed by atoms with Gasteiger partial charge in [0.2, 0.25) is 0 Å². The normalized spacial score (nSPS) is 9.89. The lowest BCUT2D eigenvalue weighted by Crippen LogP contribution is -2.04. The Morgan fingerprint density at radius 2 is 1.89 bits per heavy atom. The Hall–Kier alpha value is -1.54. The van der Waals surface area contributed by atoms with Gasteiger partial charge in [-0.25, -0.2) is 8.42 Å². The van der Waals surface area contributed by atoms with E-state index in [0.717, 1.165) is 11.3 Å². The zero-order chi connectivity index (χ0) is 14.0. The maximum absolute atomic E-state index is 10.4. The number of ether oxygens (including phenoxy) is 1. The number of hydrogen-bond donors (Lipinski definition) is 0. The van der Waals surface area contributed by atoms with Crippen molar-refractivity contribution >= 4 is 9.84 Å². The fourth-order valence-electron chi connectivity index (χ4n) is 1.08. The molecule has 0 atom stereocenters. The van der Waals surface area contributed by atoms with Crippen molar-refractivity contribution in [3.8, 4) is 11.8 Å². The molecule has 0 aliphatic heterocycles. The molecule has 0 heterocycles. The molecular formula is C13H19NO3S. The van der Waals surface area contributed by atoms with E-state index in [2.05, 4.69) is 6.07 Å². The van der Waals surface area contributed by atoms with Gasteiger partial charge in [-0.15, -0.1) is 0 Å². The van der Waals surface area contributed by atoms with E-state index < -0.39 is 9.84 Å². The summed E-state index contributed by atoms with van der Waals surface area (Å²) in [5.74, 6) is 1.34. The van der Waals surface area contributed by atoms with Gasteiger partial charge in [-0.2, -0.15) is 5.26 Å². The lowest BCUT2D eigenvalue weighted by atomic mass is 10.2. The molecule has 1 aromatic rings. The monoisotopic (exact) mass is 269 g/mol. The van der Waals surface area contributed by atoms with E-state index in [1.54, 1.807) is 21.0 Å². The Kier molecular flexibility index (Phi) is 7.81. The summed E-state index contributed by atoms with van der Waals surface area (Å²) in [6, 6.07) is 9.59. The van der Waals surface area contributed by atoms with Gasteiger partial charge in [-0.1, -0.05) is 26.0 Å². The van der Waals surface area contributed by atoms with Gasteiger partial charge in [0.05, 0.1) is 19.6 Å². The van der Waals surface area contributed by atoms with Gasteiger partial charge in [0.25, 0.3) is 0 Å². The minimum atomic E-state index is -2.66. The van der Waals surface area contributed by atoms with Gasteiger partial charge in [0.1, 0.15) is 15.6 Å². The molecule has 0 aliphatic rings. The molecule has 0 saturated heterocycles. The number of nitriles is 1. The van der Waals surface area contributed by atoms with Crippen LogP contribution in [0.3, 0.4) is 0 Å². The lowest BCUT2D eigenvalue weighted by molar-refractivity contribution is 0.414. The van der Waals surface area contributed by atoms with Crippen molar-refractivity contribution in [3.05, 3.63) is 29.8 Å². The van der Waals surface area contributed by atoms with E-state index in [4.69, 9.17) is 10.00 Å². The Labute approximate surface area is 109 Å². The number of rotatable bonds is 4. The van der Waals surface area contributed by atoms with Crippen LogP contribution in [-0.2, 0) is 16.3 Å². The smallest absolute Gasteiger partial charge is 0.149 e. The molecule has 4 nitrogen and oxygen atoms in total. The van der Waals surface area contributed by atoms with Crippen LogP contribution in [0.15, 0.2) is 24.3 Å². The molecule has 0 unspecified atom stereocenters. The van der Waals surface area contributed by atoms with Gasteiger partial charge < -0.3 is 4.74 Å². The van der Waals surface area contributed by atoms with Gasteiger partial charge >= 0.3 is 0 Å². The fraction of sp³-hybridized carbons (Fsp3) is 0.462. The van der Waals surface area contributed by atoms with Crippen LogP contribution in [0.25, 0.3) is 0 Å². The highest BCUT2D eigenvalue weighted by Crippen LogP contribution is 2.12. The van der Waals surface area contributed by atoms with E-state index in [1.807, 2.05) is 24.3 Å². The molecule has 0 N–H and O–H groups in total. The third kappa shape index (κ3) is 6.92. The Morgan fingerprint density at radius 1 is 1.28 bits per heavy atom. The molecule has 100 valence electrons. The first-order chi connectivity index (χ1) is 8.49. The first-order valence-corrected chi connectivity index (χ1v) is 7.51. The van der Waals surface area contributed by atoms with Crippen LogP contribution in [-0.4, -0.2) is 27.0 Å². The predicted molar refractivity (Wildman–Crippen MR) is 72.3 cm³/mol. The predicted octanol–water partition coefficient (Wildman–Crippen LogP) is 2.20. The molecule has 1 rings (SSSR count). The summed E-state index contributed by atoms with van der Waals surface area (Å²) in [5.41, 5.74) is 0.992. The molecule has 0 saturated carbocycles. The standard InChI is InChI=1S/C9H9NO.C4H10O2S/c1-11-9-4-2-3-8(7-9)5-6-10;1-3-7(5,6)4-2/h2-4,7H,5H2,1H3;3-4H2,1-2H3. The van der Waals surface area contributed by atoms with E-state index in [0.29, 0.717) is 6.42 Å². The van der Waals surface area contributed by atoms with Crippen LogP contribution in [0.1, 0.15) is 19.4 Å². The molecule has 0 fully saturated rings. The van der Waals surface area contributed by atoms with Gasteiger partial charge in [0, 0.05) is 11.5 Å². The number of benzene rings is 1. The third-order valence-corrected chi connectivity index (χ3v) is 4.06. The minimum Gasteiger partial charge on any atom is -0.497 e. The molecule has 0 aliphatic carbocycles. The maximum Gasteiger partial charge on any atom is 0.149 e. The second kappa shape index (κ2) is 8.54. The zero-order valence-electron chi connectivity index (χ0n) is 11.0. The van der Waals surface area contributed by atoms with E-state index in [1.165, 1.54) is 0 Å². The van der Waals surface area contributed by atoms with Crippen molar-refractivity contribution in [2.24, 2.45) is 0 Å². The van der Waals surface area contributed by atoms with Crippen LogP contribution in [0.4, 0.5) is 0 Å². The van der Waals surface area contributed by atoms with Crippen LogP contribution >= 0.6 is 0 Å². The summed E-state index contributed by atoms with van der Waals surface area (Å²) in [7, 11) is -1.04. The maximum atomic E-state index is 10.4. The van der Waals surface area contributed by atoms with Crippen molar-refractivity contribution in [3.63, 3.8) is 0 Å². The zero-order valence-corrected chi connectivity index (χ0v) is 11.8. The van der Waals surface area contributed by atoms with Crippen molar-refractivity contribution < 1.29 is 13.2 Å². The van der Waals surface area contributed by atoms with Crippen LogP contribution in [0.5, 0.6) is 5.75 Å². The SMILES string of the molecule is CCS(=O)(=O)CC.COc1cccc(CC#N)c1. The second-order valence-electron chi connectivity index (χ2n) is 3.51. The molecule has 0 bridgehead atoms.